The lowest BCUT2D eigenvalue weighted by Gasteiger charge is -2.25. The summed E-state index contributed by atoms with van der Waals surface area (Å²) >= 11 is 0. The fourth-order valence-electron chi connectivity index (χ4n) is 2.15. The normalized spacial score (nSPS) is 12.1. The minimum atomic E-state index is -0.283. The molecule has 0 aliphatic carbocycles. The number of hydrogen-bond acceptors (Lipinski definition) is 3. The van der Waals surface area contributed by atoms with E-state index in [2.05, 4.69) is 10.3 Å². The maximum absolute atomic E-state index is 12.1. The maximum Gasteiger partial charge on any atom is 0.251 e. The van der Waals surface area contributed by atoms with Crippen LogP contribution >= 0.6 is 0 Å². The first-order valence-electron chi connectivity index (χ1n) is 6.76. The molecule has 2 rings (SSSR count). The van der Waals surface area contributed by atoms with Crippen molar-refractivity contribution in [3.8, 4) is 0 Å². The van der Waals surface area contributed by atoms with Gasteiger partial charge in [-0.2, -0.15) is 0 Å². The number of likely N-dealkylation sites (N-methyl/N-ethyl adjacent to an activating group) is 1. The highest BCUT2D eigenvalue weighted by molar-refractivity contribution is 5.93. The lowest BCUT2D eigenvalue weighted by molar-refractivity contribution is 0.0941. The van der Waals surface area contributed by atoms with Crippen LogP contribution in [0.25, 0.3) is 0 Å². The molecule has 2 aromatic rings. The fraction of sp³-hybridized carbons (Fsp3) is 0.250. The topological polar surface area (TPSA) is 65.2 Å². The number of hydrogen-bond donors (Lipinski definition) is 2. The second-order valence-corrected chi connectivity index (χ2v) is 5.04. The molecular formula is C16H19N3O2. The average Bonchev–Trinajstić information content (AvgIpc) is 2.48. The molecule has 1 aromatic carbocycles. The molecule has 0 saturated heterocycles. The Hall–Kier alpha value is -2.40. The van der Waals surface area contributed by atoms with E-state index in [1.165, 1.54) is 12.3 Å². The summed E-state index contributed by atoms with van der Waals surface area (Å²) in [6.07, 6.45) is 1.47. The highest BCUT2D eigenvalue weighted by Crippen LogP contribution is 2.16. The molecule has 1 aromatic heterocycles. The Balaban J connectivity index is 2.06. The molecule has 0 aliphatic heterocycles. The summed E-state index contributed by atoms with van der Waals surface area (Å²) in [5, 5.41) is 2.87. The summed E-state index contributed by atoms with van der Waals surface area (Å²) in [7, 11) is 3.94. The van der Waals surface area contributed by atoms with E-state index >= 15 is 0 Å². The Kier molecular flexibility index (Phi) is 4.90. The van der Waals surface area contributed by atoms with E-state index in [0.29, 0.717) is 12.1 Å². The Morgan fingerprint density at radius 3 is 2.57 bits per heavy atom. The summed E-state index contributed by atoms with van der Waals surface area (Å²) in [6, 6.07) is 12.9. The molecule has 0 bridgehead atoms. The van der Waals surface area contributed by atoms with E-state index in [0.717, 1.165) is 5.56 Å². The predicted molar refractivity (Wildman–Crippen MR) is 82.3 cm³/mol. The number of nitrogens with zero attached hydrogens (tertiary/aromatic N) is 1. The van der Waals surface area contributed by atoms with Gasteiger partial charge in [0.2, 0.25) is 5.56 Å². The maximum atomic E-state index is 12.1. The van der Waals surface area contributed by atoms with Crippen molar-refractivity contribution in [1.82, 2.24) is 15.2 Å². The van der Waals surface area contributed by atoms with Gasteiger partial charge in [0.15, 0.2) is 0 Å². The molecule has 110 valence electrons. The van der Waals surface area contributed by atoms with Gasteiger partial charge in [0.25, 0.3) is 5.91 Å². The van der Waals surface area contributed by atoms with E-state index in [1.54, 1.807) is 6.07 Å². The average molecular weight is 285 g/mol. The molecule has 0 saturated carbocycles. The quantitative estimate of drug-likeness (QED) is 0.873. The van der Waals surface area contributed by atoms with Crippen LogP contribution in [0, 0.1) is 0 Å². The minimum absolute atomic E-state index is 0.0807. The number of carbonyl (C=O) groups excluding carboxylic acids is 1. The lowest BCUT2D eigenvalue weighted by Crippen LogP contribution is -2.34. The minimum Gasteiger partial charge on any atom is -0.350 e. The van der Waals surface area contributed by atoms with E-state index < -0.39 is 0 Å². The molecule has 1 heterocycles. The predicted octanol–water partition coefficient (Wildman–Crippen LogP) is 1.41. The van der Waals surface area contributed by atoms with Crippen molar-refractivity contribution in [2.24, 2.45) is 0 Å². The van der Waals surface area contributed by atoms with Crippen molar-refractivity contribution >= 4 is 5.91 Å². The third-order valence-corrected chi connectivity index (χ3v) is 3.30. The number of pyridine rings is 1. The number of H-pyrrole nitrogens is 1. The van der Waals surface area contributed by atoms with Crippen LogP contribution in [0.15, 0.2) is 53.5 Å². The van der Waals surface area contributed by atoms with Gasteiger partial charge in [-0.1, -0.05) is 30.3 Å². The van der Waals surface area contributed by atoms with E-state index in [-0.39, 0.29) is 17.5 Å². The molecular weight excluding hydrogens is 266 g/mol. The zero-order valence-electron chi connectivity index (χ0n) is 12.2. The van der Waals surface area contributed by atoms with Gasteiger partial charge in [-0.15, -0.1) is 0 Å². The third-order valence-electron chi connectivity index (χ3n) is 3.30. The van der Waals surface area contributed by atoms with Crippen LogP contribution in [0.1, 0.15) is 22.0 Å². The molecule has 5 heteroatoms. The Morgan fingerprint density at radius 1 is 1.24 bits per heavy atom. The summed E-state index contributed by atoms with van der Waals surface area (Å²) in [5.74, 6) is -0.246. The van der Waals surface area contributed by atoms with E-state index in [1.807, 2.05) is 49.3 Å². The highest BCUT2D eigenvalue weighted by Gasteiger charge is 2.15. The SMILES string of the molecule is CN(C)C(CNC(=O)c1cc[nH]c(=O)c1)c1ccccc1. The van der Waals surface area contributed by atoms with Crippen molar-refractivity contribution < 1.29 is 4.79 Å². The number of carbonyl (C=O) groups is 1. The van der Waals surface area contributed by atoms with Crippen molar-refractivity contribution in [3.05, 3.63) is 70.1 Å². The first-order chi connectivity index (χ1) is 10.1. The second kappa shape index (κ2) is 6.85. The first-order valence-corrected chi connectivity index (χ1v) is 6.76. The van der Waals surface area contributed by atoms with Crippen LogP contribution in [-0.2, 0) is 0 Å². The molecule has 2 N–H and O–H groups in total. The zero-order chi connectivity index (χ0) is 15.2. The van der Waals surface area contributed by atoms with Crippen LogP contribution in [0.4, 0.5) is 0 Å². The third kappa shape index (κ3) is 4.03. The van der Waals surface area contributed by atoms with Crippen LogP contribution in [0.3, 0.4) is 0 Å². The van der Waals surface area contributed by atoms with Crippen molar-refractivity contribution in [2.75, 3.05) is 20.6 Å². The van der Waals surface area contributed by atoms with Gasteiger partial charge in [0, 0.05) is 24.4 Å². The summed E-state index contributed by atoms with van der Waals surface area (Å²) in [5.41, 5.74) is 1.22. The number of rotatable bonds is 5. The summed E-state index contributed by atoms with van der Waals surface area (Å²) in [6.45, 7) is 0.475. The van der Waals surface area contributed by atoms with Gasteiger partial charge < -0.3 is 15.2 Å². The number of amides is 1. The van der Waals surface area contributed by atoms with Crippen molar-refractivity contribution in [2.45, 2.75) is 6.04 Å². The van der Waals surface area contributed by atoms with Gasteiger partial charge in [-0.25, -0.2) is 0 Å². The Morgan fingerprint density at radius 2 is 1.95 bits per heavy atom. The monoisotopic (exact) mass is 285 g/mol. The molecule has 21 heavy (non-hydrogen) atoms. The highest BCUT2D eigenvalue weighted by atomic mass is 16.2. The van der Waals surface area contributed by atoms with Crippen LogP contribution < -0.4 is 10.9 Å². The molecule has 1 amide bonds. The zero-order valence-corrected chi connectivity index (χ0v) is 12.2. The summed E-state index contributed by atoms with van der Waals surface area (Å²) in [4.78, 5) is 27.8. The lowest BCUT2D eigenvalue weighted by atomic mass is 10.1. The van der Waals surface area contributed by atoms with Crippen molar-refractivity contribution in [1.29, 1.82) is 0 Å². The van der Waals surface area contributed by atoms with Gasteiger partial charge in [0.05, 0.1) is 6.04 Å². The standard InChI is InChI=1S/C16H19N3O2/c1-19(2)14(12-6-4-3-5-7-12)11-18-16(21)13-8-9-17-15(20)10-13/h3-10,14H,11H2,1-2H3,(H,17,20)(H,18,21). The van der Waals surface area contributed by atoms with E-state index in [9.17, 15) is 9.59 Å². The van der Waals surface area contributed by atoms with E-state index in [4.69, 9.17) is 0 Å². The summed E-state index contributed by atoms with van der Waals surface area (Å²) < 4.78 is 0. The largest absolute Gasteiger partial charge is 0.350 e. The van der Waals surface area contributed by atoms with Crippen LogP contribution in [-0.4, -0.2) is 36.4 Å². The number of aromatic amines is 1. The number of nitrogens with one attached hydrogen (secondary N) is 2. The molecule has 0 radical (unpaired) electrons. The first kappa shape index (κ1) is 15.0. The van der Waals surface area contributed by atoms with Gasteiger partial charge in [-0.3, -0.25) is 9.59 Å². The second-order valence-electron chi connectivity index (χ2n) is 5.04. The van der Waals surface area contributed by atoms with Gasteiger partial charge in [0.1, 0.15) is 0 Å². The smallest absolute Gasteiger partial charge is 0.251 e. The molecule has 0 fully saturated rings. The van der Waals surface area contributed by atoms with Gasteiger partial charge in [-0.05, 0) is 25.7 Å². The molecule has 1 atom stereocenters. The fourth-order valence-corrected chi connectivity index (χ4v) is 2.15. The van der Waals surface area contributed by atoms with Crippen LogP contribution in [0.2, 0.25) is 0 Å². The van der Waals surface area contributed by atoms with Gasteiger partial charge >= 0.3 is 0 Å². The number of aromatic nitrogens is 1. The molecule has 0 spiro atoms. The van der Waals surface area contributed by atoms with Crippen LogP contribution in [0.5, 0.6) is 0 Å². The Bertz CT molecular complexity index is 650. The molecule has 5 nitrogen and oxygen atoms in total. The number of benzene rings is 1. The molecule has 0 aliphatic rings. The Labute approximate surface area is 123 Å². The molecule has 1 unspecified atom stereocenters. The van der Waals surface area contributed by atoms with Crippen molar-refractivity contribution in [3.63, 3.8) is 0 Å².